The Kier molecular flexibility index (Phi) is 7.41. The second-order valence-electron chi connectivity index (χ2n) is 13.3. The fourth-order valence-corrected chi connectivity index (χ4v) is 8.11. The molecule has 2 aliphatic carbocycles. The number of phenols is 1. The van der Waals surface area contributed by atoms with Gasteiger partial charge in [-0.15, -0.1) is 0 Å². The van der Waals surface area contributed by atoms with Gasteiger partial charge in [0.2, 0.25) is 0 Å². The maximum absolute atomic E-state index is 14.2. The molecule has 1 N–H and O–H groups in total. The van der Waals surface area contributed by atoms with E-state index >= 15 is 0 Å². The molecule has 0 bridgehead atoms. The van der Waals surface area contributed by atoms with Gasteiger partial charge in [0.25, 0.3) is 5.56 Å². The molecule has 49 heavy (non-hydrogen) atoms. The molecule has 3 heterocycles. The van der Waals surface area contributed by atoms with E-state index in [0.717, 1.165) is 15.7 Å². The van der Waals surface area contributed by atoms with E-state index in [1.165, 1.54) is 34.2 Å². The Balaban J connectivity index is 1.30. The van der Waals surface area contributed by atoms with E-state index in [0.29, 0.717) is 33.7 Å². The molecule has 1 saturated carbocycles. The van der Waals surface area contributed by atoms with Gasteiger partial charge in [-0.1, -0.05) is 25.1 Å². The average molecular weight is 668 g/mol. The number of fused-ring (bicyclic) bond motifs is 5. The molecule has 0 spiro atoms. The van der Waals surface area contributed by atoms with Crippen LogP contribution < -0.4 is 26.4 Å². The molecule has 1 aliphatic heterocycles. The van der Waals surface area contributed by atoms with E-state index in [1.807, 2.05) is 19.1 Å². The summed E-state index contributed by atoms with van der Waals surface area (Å²) in [4.78, 5) is 73.4. The van der Waals surface area contributed by atoms with Crippen molar-refractivity contribution in [3.8, 4) is 17.2 Å². The van der Waals surface area contributed by atoms with Crippen LogP contribution in [0.25, 0.3) is 11.0 Å². The van der Waals surface area contributed by atoms with Crippen molar-refractivity contribution in [2.24, 2.45) is 18.4 Å². The fraction of sp³-hybridized carbons (Fsp3) is 0.389. The maximum atomic E-state index is 14.2. The van der Waals surface area contributed by atoms with Crippen molar-refractivity contribution in [1.82, 2.24) is 23.5 Å². The minimum absolute atomic E-state index is 0.00809. The molecule has 0 saturated heterocycles. The molecule has 254 valence electrons. The zero-order valence-corrected chi connectivity index (χ0v) is 28.1. The summed E-state index contributed by atoms with van der Waals surface area (Å²) in [5.41, 5.74) is 1.05. The van der Waals surface area contributed by atoms with Gasteiger partial charge in [-0.2, -0.15) is 0 Å². The quantitative estimate of drug-likeness (QED) is 0.306. The number of ether oxygens (including phenoxy) is 2. The highest BCUT2D eigenvalue weighted by Gasteiger charge is 2.59. The van der Waals surface area contributed by atoms with Crippen molar-refractivity contribution in [2.45, 2.75) is 58.7 Å². The number of aromatic hydroxyl groups is 1. The van der Waals surface area contributed by atoms with Crippen molar-refractivity contribution in [3.05, 3.63) is 102 Å². The number of methoxy groups -OCH3 is 2. The van der Waals surface area contributed by atoms with Crippen LogP contribution in [0, 0.1) is 18.3 Å². The third-order valence-electron chi connectivity index (χ3n) is 10.8. The Morgan fingerprint density at radius 2 is 1.71 bits per heavy atom. The van der Waals surface area contributed by atoms with Gasteiger partial charge in [0.1, 0.15) is 11.4 Å². The molecule has 3 aliphatic rings. The van der Waals surface area contributed by atoms with Crippen molar-refractivity contribution in [3.63, 3.8) is 0 Å². The van der Waals surface area contributed by atoms with E-state index in [-0.39, 0.29) is 54.5 Å². The number of phenolic OH excluding ortho intramolecular Hbond substituents is 1. The van der Waals surface area contributed by atoms with Crippen molar-refractivity contribution in [2.75, 3.05) is 14.2 Å². The lowest BCUT2D eigenvalue weighted by molar-refractivity contribution is -0.139. The Morgan fingerprint density at radius 3 is 2.41 bits per heavy atom. The molecule has 0 radical (unpaired) electrons. The SMILES string of the molecule is COc1cc2nc(CCn3c(=O)n4n(c3=O)[C@@H]3C[C@H]5C(=O)C(C)=CC(=O)[C@@]5(C)[C@@H](c5ccc(O)c(C)c5)C3=CC4)c(=O)n(C)c2cc1OC. The number of Topliss-reactive ketones (excluding diaryl/α,β-unsaturated/α-hetero) is 1. The third kappa shape index (κ3) is 4.58. The van der Waals surface area contributed by atoms with Crippen molar-refractivity contribution < 1.29 is 24.2 Å². The molecule has 2 aromatic heterocycles. The molecule has 4 atom stereocenters. The Morgan fingerprint density at radius 1 is 1.00 bits per heavy atom. The molecular formula is C36H37N5O8. The van der Waals surface area contributed by atoms with Crippen LogP contribution in [-0.2, 0) is 36.1 Å². The summed E-state index contributed by atoms with van der Waals surface area (Å²) in [7, 11) is 4.62. The molecule has 0 unspecified atom stereocenters. The van der Waals surface area contributed by atoms with Crippen LogP contribution in [0.2, 0.25) is 0 Å². The Labute approximate surface area is 280 Å². The van der Waals surface area contributed by atoms with Gasteiger partial charge in [0.15, 0.2) is 23.1 Å². The van der Waals surface area contributed by atoms with Gasteiger partial charge >= 0.3 is 11.4 Å². The monoisotopic (exact) mass is 667 g/mol. The van der Waals surface area contributed by atoms with Gasteiger partial charge < -0.3 is 19.1 Å². The molecule has 1 fully saturated rings. The van der Waals surface area contributed by atoms with Crippen LogP contribution in [0.3, 0.4) is 0 Å². The predicted octanol–water partition coefficient (Wildman–Crippen LogP) is 2.72. The van der Waals surface area contributed by atoms with E-state index in [4.69, 9.17) is 9.47 Å². The topological polar surface area (TPSA) is 157 Å². The second-order valence-corrected chi connectivity index (χ2v) is 13.3. The first-order chi connectivity index (χ1) is 23.3. The molecule has 7 rings (SSSR count). The molecule has 0 amide bonds. The first-order valence-electron chi connectivity index (χ1n) is 16.1. The Hall–Kier alpha value is -5.46. The van der Waals surface area contributed by atoms with Crippen LogP contribution in [-0.4, -0.2) is 54.4 Å². The van der Waals surface area contributed by atoms with Crippen LogP contribution >= 0.6 is 0 Å². The number of carbonyl (C=O) groups is 2. The zero-order chi connectivity index (χ0) is 35.1. The number of aromatic nitrogens is 5. The van der Waals surface area contributed by atoms with E-state index in [1.54, 1.807) is 45.2 Å². The summed E-state index contributed by atoms with van der Waals surface area (Å²) >= 11 is 0. The second kappa shape index (κ2) is 11.3. The predicted molar refractivity (Wildman–Crippen MR) is 179 cm³/mol. The lowest BCUT2D eigenvalue weighted by Gasteiger charge is -2.52. The summed E-state index contributed by atoms with van der Waals surface area (Å²) in [5, 5.41) is 10.3. The summed E-state index contributed by atoms with van der Waals surface area (Å²) in [6.07, 6.45) is 3.47. The first kappa shape index (κ1) is 32.1. The highest BCUT2D eigenvalue weighted by atomic mass is 16.5. The van der Waals surface area contributed by atoms with E-state index < -0.39 is 34.7 Å². The largest absolute Gasteiger partial charge is 0.508 e. The number of allylic oxidation sites excluding steroid dienone is 4. The number of benzene rings is 2. The minimum Gasteiger partial charge on any atom is -0.508 e. The summed E-state index contributed by atoms with van der Waals surface area (Å²) in [6.45, 7) is 5.18. The van der Waals surface area contributed by atoms with Crippen molar-refractivity contribution in [1.29, 1.82) is 0 Å². The van der Waals surface area contributed by atoms with Gasteiger partial charge in [-0.05, 0) is 54.7 Å². The van der Waals surface area contributed by atoms with Crippen LogP contribution in [0.4, 0.5) is 0 Å². The zero-order valence-electron chi connectivity index (χ0n) is 28.1. The van der Waals surface area contributed by atoms with E-state index in [9.17, 15) is 29.1 Å². The average Bonchev–Trinajstić information content (AvgIpc) is 3.33. The maximum Gasteiger partial charge on any atom is 0.347 e. The fourth-order valence-electron chi connectivity index (χ4n) is 8.11. The molecule has 2 aromatic carbocycles. The summed E-state index contributed by atoms with van der Waals surface area (Å²) in [5.74, 6) is -0.673. The number of aryl methyl sites for hydroxylation is 3. The normalized spacial score (nSPS) is 23.0. The summed E-state index contributed by atoms with van der Waals surface area (Å²) < 4.78 is 16.1. The number of ketones is 2. The van der Waals surface area contributed by atoms with Crippen LogP contribution in [0.1, 0.15) is 49.0 Å². The van der Waals surface area contributed by atoms with Gasteiger partial charge in [0, 0.05) is 44.0 Å². The number of hydrogen-bond donors (Lipinski definition) is 1. The van der Waals surface area contributed by atoms with E-state index in [2.05, 4.69) is 4.98 Å². The Bertz CT molecular complexity index is 2360. The standard InChI is InChI=1S/C36H37N5O8/c1-18-13-20(7-8-27(18)42)31-21-9-12-40-34(46)39(35(47)41(40)25(21)15-22-32(44)19(2)14-30(43)36(22,31)3)11-10-23-33(45)38(4)26-17-29(49-6)28(48-5)16-24(26)37-23/h7-9,13-14,16-17,22,25,31,42H,10-12,15H2,1-6H3/t22-,25+,31-,36-/m0/s1. The third-order valence-corrected chi connectivity index (χ3v) is 10.8. The minimum atomic E-state index is -1.13. The smallest absolute Gasteiger partial charge is 0.347 e. The van der Waals surface area contributed by atoms with Crippen LogP contribution in [0.5, 0.6) is 17.2 Å². The highest BCUT2D eigenvalue weighted by molar-refractivity contribution is 6.13. The highest BCUT2D eigenvalue weighted by Crippen LogP contribution is 2.59. The van der Waals surface area contributed by atoms with Gasteiger partial charge in [-0.3, -0.25) is 14.4 Å². The van der Waals surface area contributed by atoms with Gasteiger partial charge in [-0.25, -0.2) is 28.5 Å². The number of nitrogens with zero attached hydrogens (tertiary/aromatic N) is 5. The van der Waals surface area contributed by atoms with Gasteiger partial charge in [0.05, 0.1) is 43.3 Å². The van der Waals surface area contributed by atoms with Crippen molar-refractivity contribution >= 4 is 22.6 Å². The molecule has 13 heteroatoms. The molecule has 4 aromatic rings. The first-order valence-corrected chi connectivity index (χ1v) is 16.1. The lowest BCUT2D eigenvalue weighted by atomic mass is 9.51. The molecular weight excluding hydrogens is 630 g/mol. The number of rotatable bonds is 6. The lowest BCUT2D eigenvalue weighted by Crippen LogP contribution is -2.54. The van der Waals surface area contributed by atoms with Crippen LogP contribution in [0.15, 0.2) is 68.0 Å². The number of carbonyl (C=O) groups excluding carboxylic acids is 2. The number of hydrogen-bond acceptors (Lipinski definition) is 9. The molecule has 13 nitrogen and oxygen atoms in total. The summed E-state index contributed by atoms with van der Waals surface area (Å²) in [6, 6.07) is 7.79.